The highest BCUT2D eigenvalue weighted by Crippen LogP contribution is 2.32. The van der Waals surface area contributed by atoms with E-state index in [2.05, 4.69) is 11.8 Å². The van der Waals surface area contributed by atoms with E-state index in [1.54, 1.807) is 6.92 Å². The van der Waals surface area contributed by atoms with E-state index < -0.39 is 0 Å². The fourth-order valence-corrected chi connectivity index (χ4v) is 3.14. The van der Waals surface area contributed by atoms with Gasteiger partial charge in [0.25, 0.3) is 0 Å². The molecule has 1 aliphatic heterocycles. The summed E-state index contributed by atoms with van der Waals surface area (Å²) >= 11 is 0. The van der Waals surface area contributed by atoms with Crippen LogP contribution in [0.15, 0.2) is 12.1 Å². The number of rotatable bonds is 4. The van der Waals surface area contributed by atoms with E-state index in [9.17, 15) is 9.18 Å². The van der Waals surface area contributed by atoms with Crippen molar-refractivity contribution in [2.75, 3.05) is 11.4 Å². The zero-order valence-corrected chi connectivity index (χ0v) is 12.7. The molecule has 1 aromatic carbocycles. The number of aryl methyl sites for hydroxylation is 1. The van der Waals surface area contributed by atoms with E-state index in [1.165, 1.54) is 25.8 Å². The topological polar surface area (TPSA) is 20.3 Å². The van der Waals surface area contributed by atoms with E-state index in [1.807, 2.05) is 6.07 Å². The van der Waals surface area contributed by atoms with E-state index in [0.29, 0.717) is 17.2 Å². The molecule has 0 N–H and O–H groups in total. The van der Waals surface area contributed by atoms with Crippen LogP contribution in [0.3, 0.4) is 0 Å². The minimum Gasteiger partial charge on any atom is -0.368 e. The Morgan fingerprint density at radius 1 is 1.40 bits per heavy atom. The van der Waals surface area contributed by atoms with Gasteiger partial charge < -0.3 is 4.90 Å². The molecule has 1 aromatic rings. The molecule has 3 heteroatoms. The summed E-state index contributed by atoms with van der Waals surface area (Å²) < 4.78 is 13.8. The number of benzene rings is 1. The molecule has 1 fully saturated rings. The lowest BCUT2D eigenvalue weighted by atomic mass is 9.95. The number of carbonyl (C=O) groups is 1. The van der Waals surface area contributed by atoms with Gasteiger partial charge in [-0.05, 0) is 57.2 Å². The predicted octanol–water partition coefficient (Wildman–Crippen LogP) is 4.50. The van der Waals surface area contributed by atoms with Crippen LogP contribution in [0.25, 0.3) is 0 Å². The molecule has 1 unspecified atom stereocenters. The second-order valence-electron chi connectivity index (χ2n) is 5.81. The molecule has 0 aliphatic carbocycles. The first-order valence-corrected chi connectivity index (χ1v) is 7.62. The summed E-state index contributed by atoms with van der Waals surface area (Å²) in [6.07, 6.45) is 5.83. The zero-order chi connectivity index (χ0) is 14.7. The van der Waals surface area contributed by atoms with Gasteiger partial charge in [0.05, 0.1) is 0 Å². The van der Waals surface area contributed by atoms with Crippen LogP contribution in [0.1, 0.15) is 61.9 Å². The lowest BCUT2D eigenvalue weighted by molar-refractivity contribution is 0.101. The van der Waals surface area contributed by atoms with Gasteiger partial charge in [-0.2, -0.15) is 0 Å². The number of hydrogen-bond donors (Lipinski definition) is 0. The largest absolute Gasteiger partial charge is 0.368 e. The molecule has 0 saturated carbocycles. The van der Waals surface area contributed by atoms with Crippen LogP contribution >= 0.6 is 0 Å². The first kappa shape index (κ1) is 15.0. The maximum Gasteiger partial charge on any atom is 0.161 e. The Labute approximate surface area is 121 Å². The van der Waals surface area contributed by atoms with Gasteiger partial charge in [-0.25, -0.2) is 4.39 Å². The highest BCUT2D eigenvalue weighted by atomic mass is 19.1. The molecule has 0 bridgehead atoms. The quantitative estimate of drug-likeness (QED) is 0.755. The predicted molar refractivity (Wildman–Crippen MR) is 81.0 cm³/mol. The second kappa shape index (κ2) is 6.38. The molecule has 2 nitrogen and oxygen atoms in total. The third-order valence-electron chi connectivity index (χ3n) is 4.21. The molecule has 1 atom stereocenters. The second-order valence-corrected chi connectivity index (χ2v) is 5.81. The molecule has 0 radical (unpaired) electrons. The first-order chi connectivity index (χ1) is 9.54. The summed E-state index contributed by atoms with van der Waals surface area (Å²) in [6.45, 7) is 6.44. The fourth-order valence-electron chi connectivity index (χ4n) is 3.14. The lowest BCUT2D eigenvalue weighted by Crippen LogP contribution is -2.40. The molecule has 1 aliphatic rings. The van der Waals surface area contributed by atoms with Crippen molar-refractivity contribution in [3.63, 3.8) is 0 Å². The van der Waals surface area contributed by atoms with Crippen LogP contribution in [-0.2, 0) is 0 Å². The zero-order valence-electron chi connectivity index (χ0n) is 12.7. The Morgan fingerprint density at radius 2 is 2.15 bits per heavy atom. The van der Waals surface area contributed by atoms with Crippen LogP contribution < -0.4 is 4.90 Å². The normalized spacial score (nSPS) is 19.2. The van der Waals surface area contributed by atoms with Crippen molar-refractivity contribution in [3.8, 4) is 0 Å². The van der Waals surface area contributed by atoms with Crippen LogP contribution in [0.5, 0.6) is 0 Å². The highest BCUT2D eigenvalue weighted by molar-refractivity contribution is 6.00. The van der Waals surface area contributed by atoms with Gasteiger partial charge in [0.2, 0.25) is 0 Å². The number of anilines is 1. The number of Topliss-reactive ketones (excluding diaryl/α,β-unsaturated/α-hetero) is 1. The molecular weight excluding hydrogens is 253 g/mol. The van der Waals surface area contributed by atoms with E-state index in [-0.39, 0.29) is 11.6 Å². The van der Waals surface area contributed by atoms with Gasteiger partial charge in [-0.1, -0.05) is 13.3 Å². The van der Waals surface area contributed by atoms with Crippen molar-refractivity contribution in [2.45, 2.75) is 58.9 Å². The standard InChI is InChI=1S/C17H24FNO/c1-4-7-14-8-5-6-9-19(14)17-10-12(2)16(18)11-15(17)13(3)20/h10-11,14H,4-9H2,1-3H3. The summed E-state index contributed by atoms with van der Waals surface area (Å²) in [5, 5.41) is 0. The summed E-state index contributed by atoms with van der Waals surface area (Å²) in [5.41, 5.74) is 2.07. The molecular formula is C17H24FNO. The fraction of sp³-hybridized carbons (Fsp3) is 0.588. The number of ketones is 1. The summed E-state index contributed by atoms with van der Waals surface area (Å²) in [7, 11) is 0. The average Bonchev–Trinajstić information content (AvgIpc) is 2.42. The SMILES string of the molecule is CCCC1CCCCN1c1cc(C)c(F)cc1C(C)=O. The molecule has 1 heterocycles. The van der Waals surface area contributed by atoms with E-state index in [0.717, 1.165) is 31.5 Å². The van der Waals surface area contributed by atoms with Crippen LogP contribution in [0.4, 0.5) is 10.1 Å². The number of nitrogens with zero attached hydrogens (tertiary/aromatic N) is 1. The molecule has 1 saturated heterocycles. The minimum absolute atomic E-state index is 0.0558. The average molecular weight is 277 g/mol. The monoisotopic (exact) mass is 277 g/mol. The highest BCUT2D eigenvalue weighted by Gasteiger charge is 2.25. The van der Waals surface area contributed by atoms with Crippen LogP contribution in [-0.4, -0.2) is 18.4 Å². The van der Waals surface area contributed by atoms with Gasteiger partial charge in [-0.3, -0.25) is 4.79 Å². The van der Waals surface area contributed by atoms with Gasteiger partial charge in [0, 0.05) is 23.8 Å². The molecule has 110 valence electrons. The van der Waals surface area contributed by atoms with Gasteiger partial charge >= 0.3 is 0 Å². The van der Waals surface area contributed by atoms with Crippen molar-refractivity contribution >= 4 is 11.5 Å². The minimum atomic E-state index is -0.289. The van der Waals surface area contributed by atoms with Crippen LogP contribution in [0, 0.1) is 12.7 Å². The molecule has 0 spiro atoms. The van der Waals surface area contributed by atoms with Crippen molar-refractivity contribution < 1.29 is 9.18 Å². The number of halogens is 1. The summed E-state index contributed by atoms with van der Waals surface area (Å²) in [5.74, 6) is -0.345. The number of piperidine rings is 1. The van der Waals surface area contributed by atoms with Gasteiger partial charge in [0.1, 0.15) is 5.82 Å². The molecule has 0 amide bonds. The summed E-state index contributed by atoms with van der Waals surface area (Å²) in [6, 6.07) is 3.74. The number of carbonyl (C=O) groups excluding carboxylic acids is 1. The maximum atomic E-state index is 13.8. The number of hydrogen-bond acceptors (Lipinski definition) is 2. The van der Waals surface area contributed by atoms with Crippen molar-refractivity contribution in [1.29, 1.82) is 0 Å². The van der Waals surface area contributed by atoms with Crippen molar-refractivity contribution in [2.24, 2.45) is 0 Å². The van der Waals surface area contributed by atoms with Crippen molar-refractivity contribution in [1.82, 2.24) is 0 Å². The first-order valence-electron chi connectivity index (χ1n) is 7.62. The Morgan fingerprint density at radius 3 is 2.80 bits per heavy atom. The lowest BCUT2D eigenvalue weighted by Gasteiger charge is -2.38. The molecule has 2 rings (SSSR count). The van der Waals surface area contributed by atoms with E-state index in [4.69, 9.17) is 0 Å². The Hall–Kier alpha value is -1.38. The Bertz CT molecular complexity index is 496. The third kappa shape index (κ3) is 3.02. The van der Waals surface area contributed by atoms with Crippen LogP contribution in [0.2, 0.25) is 0 Å². The maximum absolute atomic E-state index is 13.8. The van der Waals surface area contributed by atoms with Gasteiger partial charge in [0.15, 0.2) is 5.78 Å². The van der Waals surface area contributed by atoms with Gasteiger partial charge in [-0.15, -0.1) is 0 Å². The third-order valence-corrected chi connectivity index (χ3v) is 4.21. The smallest absolute Gasteiger partial charge is 0.161 e. The molecule has 20 heavy (non-hydrogen) atoms. The summed E-state index contributed by atoms with van der Waals surface area (Å²) in [4.78, 5) is 14.2. The van der Waals surface area contributed by atoms with Crippen molar-refractivity contribution in [3.05, 3.63) is 29.1 Å². The van der Waals surface area contributed by atoms with E-state index >= 15 is 0 Å². The Balaban J connectivity index is 2.43. The Kier molecular flexibility index (Phi) is 4.79. The molecule has 0 aromatic heterocycles.